The number of aromatic nitrogens is 2. The lowest BCUT2D eigenvalue weighted by Gasteiger charge is -2.15. The number of carbonyl (C=O) groups excluding carboxylic acids is 1. The third-order valence-corrected chi connectivity index (χ3v) is 4.52. The van der Waals surface area contributed by atoms with Gasteiger partial charge in [0.25, 0.3) is 0 Å². The summed E-state index contributed by atoms with van der Waals surface area (Å²) < 4.78 is 8.11. The molecule has 1 N–H and O–H groups in total. The minimum atomic E-state index is -0.161. The predicted molar refractivity (Wildman–Crippen MR) is 98.8 cm³/mol. The van der Waals surface area contributed by atoms with Gasteiger partial charge in [-0.1, -0.05) is 24.3 Å². The fourth-order valence-corrected chi connectivity index (χ4v) is 2.96. The minimum Gasteiger partial charge on any atom is -0.491 e. The number of carbonyl (C=O) groups is 1. The third-order valence-electron chi connectivity index (χ3n) is 4.52. The van der Waals surface area contributed by atoms with Gasteiger partial charge in [-0.2, -0.15) is 0 Å². The summed E-state index contributed by atoms with van der Waals surface area (Å²) in [6, 6.07) is 13.9. The Labute approximate surface area is 147 Å². The number of ether oxygens (including phenoxy) is 1. The van der Waals surface area contributed by atoms with Gasteiger partial charge in [0.1, 0.15) is 18.2 Å². The smallest absolute Gasteiger partial charge is 0.207 e. The number of rotatable bonds is 7. The van der Waals surface area contributed by atoms with Crippen LogP contribution in [0.15, 0.2) is 42.5 Å². The summed E-state index contributed by atoms with van der Waals surface area (Å²) in [5.41, 5.74) is 4.34. The molecule has 0 aliphatic carbocycles. The first-order chi connectivity index (χ1) is 12.1. The first-order valence-corrected chi connectivity index (χ1v) is 8.45. The number of benzene rings is 2. The van der Waals surface area contributed by atoms with Crippen molar-refractivity contribution in [3.8, 4) is 5.75 Å². The molecule has 1 atom stereocenters. The summed E-state index contributed by atoms with van der Waals surface area (Å²) >= 11 is 0. The summed E-state index contributed by atoms with van der Waals surface area (Å²) in [7, 11) is 0. The molecule has 0 saturated carbocycles. The molecule has 5 nitrogen and oxygen atoms in total. The molecule has 0 radical (unpaired) electrons. The average Bonchev–Trinajstić information content (AvgIpc) is 2.98. The first-order valence-electron chi connectivity index (χ1n) is 8.45. The highest BCUT2D eigenvalue weighted by atomic mass is 16.5. The average molecular weight is 337 g/mol. The van der Waals surface area contributed by atoms with Crippen molar-refractivity contribution in [2.24, 2.45) is 0 Å². The second-order valence-corrected chi connectivity index (χ2v) is 6.16. The Balaban J connectivity index is 1.83. The molecule has 0 aliphatic heterocycles. The lowest BCUT2D eigenvalue weighted by molar-refractivity contribution is -0.110. The Morgan fingerprint density at radius 2 is 2.00 bits per heavy atom. The van der Waals surface area contributed by atoms with Crippen molar-refractivity contribution in [2.45, 2.75) is 33.4 Å². The van der Waals surface area contributed by atoms with E-state index in [2.05, 4.69) is 34.8 Å². The molecule has 1 amide bonds. The van der Waals surface area contributed by atoms with Gasteiger partial charge < -0.3 is 14.6 Å². The molecule has 1 heterocycles. The summed E-state index contributed by atoms with van der Waals surface area (Å²) in [6.45, 7) is 7.27. The maximum Gasteiger partial charge on any atom is 0.207 e. The molecule has 3 aromatic rings. The Morgan fingerprint density at radius 3 is 2.80 bits per heavy atom. The van der Waals surface area contributed by atoms with E-state index in [-0.39, 0.29) is 6.04 Å². The Bertz CT molecular complexity index is 886. The van der Waals surface area contributed by atoms with Crippen LogP contribution in [0.5, 0.6) is 5.75 Å². The molecule has 0 fully saturated rings. The Kier molecular flexibility index (Phi) is 5.03. The maximum absolute atomic E-state index is 10.8. The zero-order valence-corrected chi connectivity index (χ0v) is 14.8. The number of fused-ring (bicyclic) bond motifs is 1. The molecule has 2 aromatic carbocycles. The summed E-state index contributed by atoms with van der Waals surface area (Å²) in [6.07, 6.45) is 0.709. The number of nitrogens with zero attached hydrogens (tertiary/aromatic N) is 2. The number of para-hydroxylation sites is 2. The van der Waals surface area contributed by atoms with Gasteiger partial charge in [-0.25, -0.2) is 4.98 Å². The molecule has 0 spiro atoms. The first kappa shape index (κ1) is 17.0. The molecule has 1 aromatic heterocycles. The van der Waals surface area contributed by atoms with Gasteiger partial charge in [-0.3, -0.25) is 4.79 Å². The van der Waals surface area contributed by atoms with E-state index in [0.717, 1.165) is 28.2 Å². The van der Waals surface area contributed by atoms with E-state index in [1.807, 2.05) is 43.3 Å². The van der Waals surface area contributed by atoms with Gasteiger partial charge in [0.15, 0.2) is 0 Å². The van der Waals surface area contributed by atoms with Crippen LogP contribution in [0.3, 0.4) is 0 Å². The molecular formula is C20H23N3O2. The van der Waals surface area contributed by atoms with Crippen LogP contribution in [0.4, 0.5) is 0 Å². The lowest BCUT2D eigenvalue weighted by atomic mass is 10.1. The van der Waals surface area contributed by atoms with Crippen molar-refractivity contribution in [1.29, 1.82) is 0 Å². The third kappa shape index (κ3) is 3.50. The van der Waals surface area contributed by atoms with Gasteiger partial charge >= 0.3 is 0 Å². The zero-order valence-electron chi connectivity index (χ0n) is 14.8. The van der Waals surface area contributed by atoms with Crippen LogP contribution < -0.4 is 10.1 Å². The summed E-state index contributed by atoms with van der Waals surface area (Å²) in [5, 5.41) is 2.78. The van der Waals surface area contributed by atoms with Crippen LogP contribution in [0, 0.1) is 13.8 Å². The second kappa shape index (κ2) is 7.38. The largest absolute Gasteiger partial charge is 0.491 e. The number of hydrogen-bond acceptors (Lipinski definition) is 3. The SMILES string of the molecule is Cc1cccc(OCCn2c([C@H](C)NC=O)nc3ccccc32)c1C. The van der Waals surface area contributed by atoms with Crippen LogP contribution in [0.1, 0.15) is 29.9 Å². The molecule has 130 valence electrons. The summed E-state index contributed by atoms with van der Waals surface area (Å²) in [4.78, 5) is 15.5. The monoisotopic (exact) mass is 337 g/mol. The zero-order chi connectivity index (χ0) is 17.8. The van der Waals surface area contributed by atoms with E-state index in [0.29, 0.717) is 19.6 Å². The van der Waals surface area contributed by atoms with Crippen LogP contribution in [0.25, 0.3) is 11.0 Å². The molecule has 5 heteroatoms. The van der Waals surface area contributed by atoms with Crippen molar-refractivity contribution in [2.75, 3.05) is 6.61 Å². The van der Waals surface area contributed by atoms with Crippen LogP contribution in [0.2, 0.25) is 0 Å². The molecular weight excluding hydrogens is 314 g/mol. The van der Waals surface area contributed by atoms with Crippen LogP contribution >= 0.6 is 0 Å². The van der Waals surface area contributed by atoms with Crippen molar-refractivity contribution in [1.82, 2.24) is 14.9 Å². The molecule has 0 bridgehead atoms. The summed E-state index contributed by atoms with van der Waals surface area (Å²) in [5.74, 6) is 1.74. The van der Waals surface area contributed by atoms with E-state index in [1.165, 1.54) is 5.56 Å². The maximum atomic E-state index is 10.8. The molecule has 0 aliphatic rings. The molecule has 0 saturated heterocycles. The fourth-order valence-electron chi connectivity index (χ4n) is 2.96. The van der Waals surface area contributed by atoms with Crippen molar-refractivity contribution >= 4 is 17.4 Å². The highest BCUT2D eigenvalue weighted by Gasteiger charge is 2.16. The fraction of sp³-hybridized carbons (Fsp3) is 0.300. The van der Waals surface area contributed by atoms with Crippen molar-refractivity contribution < 1.29 is 9.53 Å². The second-order valence-electron chi connectivity index (χ2n) is 6.16. The van der Waals surface area contributed by atoms with Gasteiger partial charge in [0.2, 0.25) is 6.41 Å². The van der Waals surface area contributed by atoms with E-state index in [9.17, 15) is 4.79 Å². The Morgan fingerprint density at radius 1 is 1.20 bits per heavy atom. The number of hydrogen-bond donors (Lipinski definition) is 1. The number of amides is 1. The minimum absolute atomic E-state index is 0.161. The number of aryl methyl sites for hydroxylation is 1. The molecule has 0 unspecified atom stereocenters. The van der Waals surface area contributed by atoms with E-state index >= 15 is 0 Å². The highest BCUT2D eigenvalue weighted by Crippen LogP contribution is 2.23. The molecule has 25 heavy (non-hydrogen) atoms. The Hall–Kier alpha value is -2.82. The highest BCUT2D eigenvalue weighted by molar-refractivity contribution is 5.76. The van der Waals surface area contributed by atoms with E-state index in [1.54, 1.807) is 0 Å². The standard InChI is InChI=1S/C20H23N3O2/c1-14-7-6-10-19(15(14)2)25-12-11-23-18-9-5-4-8-17(18)22-20(23)16(3)21-13-24/h4-10,13,16H,11-12H2,1-3H3,(H,21,24)/t16-/m0/s1. The molecule has 3 rings (SSSR count). The number of nitrogens with one attached hydrogen (secondary N) is 1. The van der Waals surface area contributed by atoms with Crippen molar-refractivity contribution in [3.05, 3.63) is 59.4 Å². The van der Waals surface area contributed by atoms with Gasteiger partial charge in [-0.15, -0.1) is 0 Å². The normalized spacial score (nSPS) is 12.1. The van der Waals surface area contributed by atoms with Crippen LogP contribution in [-0.2, 0) is 11.3 Å². The lowest BCUT2D eigenvalue weighted by Crippen LogP contribution is -2.22. The quantitative estimate of drug-likeness (QED) is 0.671. The van der Waals surface area contributed by atoms with Gasteiger partial charge in [-0.05, 0) is 50.1 Å². The van der Waals surface area contributed by atoms with Crippen molar-refractivity contribution in [3.63, 3.8) is 0 Å². The van der Waals surface area contributed by atoms with E-state index < -0.39 is 0 Å². The topological polar surface area (TPSA) is 56.1 Å². The van der Waals surface area contributed by atoms with E-state index in [4.69, 9.17) is 4.74 Å². The van der Waals surface area contributed by atoms with Crippen LogP contribution in [-0.4, -0.2) is 22.6 Å². The van der Waals surface area contributed by atoms with Gasteiger partial charge in [0.05, 0.1) is 23.6 Å². The van der Waals surface area contributed by atoms with Gasteiger partial charge in [0, 0.05) is 0 Å². The predicted octanol–water partition coefficient (Wildman–Crippen LogP) is 3.54. The number of imidazole rings is 1.